The number of hydrogen-bond acceptors (Lipinski definition) is 3. The first-order chi connectivity index (χ1) is 6.29. The van der Waals surface area contributed by atoms with Crippen LogP contribution >= 0.6 is 11.8 Å². The molecule has 2 N–H and O–H groups in total. The van der Waals surface area contributed by atoms with Crippen LogP contribution in [0.2, 0.25) is 0 Å². The molecular weight excluding hydrogens is 182 g/mol. The Hall–Kier alpha value is -0.670. The molecule has 0 saturated heterocycles. The number of aliphatic hydroxyl groups excluding tert-OH is 1. The minimum atomic E-state index is 0.169. The molecule has 0 amide bonds. The van der Waals surface area contributed by atoms with Crippen LogP contribution < -0.4 is 5.32 Å². The molecule has 0 aromatic heterocycles. The Kier molecular flexibility index (Phi) is 4.12. The Morgan fingerprint density at radius 2 is 2.23 bits per heavy atom. The zero-order chi connectivity index (χ0) is 9.68. The van der Waals surface area contributed by atoms with Crippen LogP contribution in [0.4, 0.5) is 5.69 Å². The topological polar surface area (TPSA) is 32.3 Å². The predicted octanol–water partition coefficient (Wildman–Crippen LogP) is 2.12. The number of benzene rings is 1. The standard InChI is InChI=1S/C10H15NOS/c1-8-4-3-5-9(13-2)10(8)11-6-7-12/h3-5,11-12H,6-7H2,1-2H3. The van der Waals surface area contributed by atoms with Crippen molar-refractivity contribution in [2.75, 3.05) is 24.7 Å². The molecule has 13 heavy (non-hydrogen) atoms. The van der Waals surface area contributed by atoms with E-state index in [1.807, 2.05) is 6.07 Å². The van der Waals surface area contributed by atoms with Crippen LogP contribution in [0.15, 0.2) is 23.1 Å². The van der Waals surface area contributed by atoms with Gasteiger partial charge in [-0.1, -0.05) is 12.1 Å². The molecule has 1 aromatic rings. The summed E-state index contributed by atoms with van der Waals surface area (Å²) in [5.74, 6) is 0. The Balaban J connectivity index is 2.87. The summed E-state index contributed by atoms with van der Waals surface area (Å²) in [6, 6.07) is 6.20. The third-order valence-corrected chi connectivity index (χ3v) is 2.65. The van der Waals surface area contributed by atoms with Crippen LogP contribution in [0, 0.1) is 6.92 Å². The number of hydrogen-bond donors (Lipinski definition) is 2. The molecule has 0 fully saturated rings. The number of aryl methyl sites for hydroxylation is 1. The van der Waals surface area contributed by atoms with Crippen molar-refractivity contribution in [1.29, 1.82) is 0 Å². The Morgan fingerprint density at radius 1 is 1.46 bits per heavy atom. The molecule has 0 aliphatic heterocycles. The van der Waals surface area contributed by atoms with Gasteiger partial charge in [-0.2, -0.15) is 0 Å². The quantitative estimate of drug-likeness (QED) is 0.725. The summed E-state index contributed by atoms with van der Waals surface area (Å²) in [5, 5.41) is 11.9. The van der Waals surface area contributed by atoms with Crippen molar-refractivity contribution >= 4 is 17.4 Å². The second kappa shape index (κ2) is 5.14. The summed E-state index contributed by atoms with van der Waals surface area (Å²) in [6.45, 7) is 2.85. The summed E-state index contributed by atoms with van der Waals surface area (Å²) in [6.07, 6.45) is 2.05. The molecule has 0 radical (unpaired) electrons. The highest BCUT2D eigenvalue weighted by Crippen LogP contribution is 2.27. The van der Waals surface area contributed by atoms with Crippen molar-refractivity contribution < 1.29 is 5.11 Å². The lowest BCUT2D eigenvalue weighted by molar-refractivity contribution is 0.311. The van der Waals surface area contributed by atoms with Gasteiger partial charge in [0.1, 0.15) is 0 Å². The first kappa shape index (κ1) is 10.4. The van der Waals surface area contributed by atoms with Crippen molar-refractivity contribution in [3.8, 4) is 0 Å². The number of rotatable bonds is 4. The van der Waals surface area contributed by atoms with Crippen LogP contribution in [0.1, 0.15) is 5.56 Å². The fourth-order valence-corrected chi connectivity index (χ4v) is 1.87. The summed E-state index contributed by atoms with van der Waals surface area (Å²) >= 11 is 1.72. The second-order valence-corrected chi connectivity index (χ2v) is 3.65. The van der Waals surface area contributed by atoms with E-state index in [-0.39, 0.29) is 6.61 Å². The molecule has 0 aliphatic carbocycles. The third-order valence-electron chi connectivity index (χ3n) is 1.87. The first-order valence-corrected chi connectivity index (χ1v) is 5.50. The van der Waals surface area contributed by atoms with E-state index in [0.29, 0.717) is 6.54 Å². The van der Waals surface area contributed by atoms with Crippen LogP contribution in [0.5, 0.6) is 0 Å². The van der Waals surface area contributed by atoms with E-state index in [0.717, 1.165) is 5.69 Å². The molecule has 0 aliphatic rings. The van der Waals surface area contributed by atoms with E-state index in [2.05, 4.69) is 30.6 Å². The fraction of sp³-hybridized carbons (Fsp3) is 0.400. The smallest absolute Gasteiger partial charge is 0.0604 e. The Labute approximate surface area is 83.4 Å². The Bertz CT molecular complexity index is 276. The Morgan fingerprint density at radius 3 is 2.85 bits per heavy atom. The lowest BCUT2D eigenvalue weighted by Crippen LogP contribution is -2.07. The minimum absolute atomic E-state index is 0.169. The minimum Gasteiger partial charge on any atom is -0.395 e. The molecule has 2 nitrogen and oxygen atoms in total. The fourth-order valence-electron chi connectivity index (χ4n) is 1.22. The highest BCUT2D eigenvalue weighted by atomic mass is 32.2. The van der Waals surface area contributed by atoms with Crippen LogP contribution in [-0.4, -0.2) is 24.5 Å². The van der Waals surface area contributed by atoms with Crippen molar-refractivity contribution in [3.63, 3.8) is 0 Å². The van der Waals surface area contributed by atoms with Gasteiger partial charge in [0.15, 0.2) is 0 Å². The number of thioether (sulfide) groups is 1. The third kappa shape index (κ3) is 2.64. The summed E-state index contributed by atoms with van der Waals surface area (Å²) in [7, 11) is 0. The molecule has 3 heteroatoms. The number of para-hydroxylation sites is 1. The van der Waals surface area contributed by atoms with Crippen LogP contribution in [0.3, 0.4) is 0 Å². The van der Waals surface area contributed by atoms with Gasteiger partial charge in [-0.25, -0.2) is 0 Å². The molecule has 72 valence electrons. The molecule has 1 rings (SSSR count). The first-order valence-electron chi connectivity index (χ1n) is 4.28. The normalized spacial score (nSPS) is 10.1. The van der Waals surface area contributed by atoms with E-state index >= 15 is 0 Å². The van der Waals surface area contributed by atoms with E-state index in [1.54, 1.807) is 11.8 Å². The van der Waals surface area contributed by atoms with Gasteiger partial charge in [-0.05, 0) is 24.8 Å². The molecule has 0 unspecified atom stereocenters. The van der Waals surface area contributed by atoms with Crippen molar-refractivity contribution in [2.24, 2.45) is 0 Å². The van der Waals surface area contributed by atoms with E-state index < -0.39 is 0 Å². The van der Waals surface area contributed by atoms with Gasteiger partial charge in [0, 0.05) is 11.4 Å². The molecule has 0 atom stereocenters. The molecule has 1 aromatic carbocycles. The maximum absolute atomic E-state index is 8.71. The van der Waals surface area contributed by atoms with E-state index in [1.165, 1.54) is 10.5 Å². The van der Waals surface area contributed by atoms with Gasteiger partial charge in [-0.15, -0.1) is 11.8 Å². The van der Waals surface area contributed by atoms with Crippen molar-refractivity contribution in [2.45, 2.75) is 11.8 Å². The average molecular weight is 197 g/mol. The molecule has 0 saturated carbocycles. The number of nitrogens with one attached hydrogen (secondary N) is 1. The zero-order valence-electron chi connectivity index (χ0n) is 8.00. The largest absolute Gasteiger partial charge is 0.395 e. The average Bonchev–Trinajstić information content (AvgIpc) is 2.15. The second-order valence-electron chi connectivity index (χ2n) is 2.80. The lowest BCUT2D eigenvalue weighted by Gasteiger charge is -2.12. The highest BCUT2D eigenvalue weighted by Gasteiger charge is 2.02. The van der Waals surface area contributed by atoms with Crippen molar-refractivity contribution in [1.82, 2.24) is 0 Å². The molecule has 0 bridgehead atoms. The van der Waals surface area contributed by atoms with Gasteiger partial charge in [0.2, 0.25) is 0 Å². The van der Waals surface area contributed by atoms with Gasteiger partial charge in [0.25, 0.3) is 0 Å². The maximum atomic E-state index is 8.71. The van der Waals surface area contributed by atoms with Gasteiger partial charge in [0.05, 0.1) is 12.3 Å². The lowest BCUT2D eigenvalue weighted by atomic mass is 10.2. The van der Waals surface area contributed by atoms with Gasteiger partial charge < -0.3 is 10.4 Å². The van der Waals surface area contributed by atoms with Crippen LogP contribution in [-0.2, 0) is 0 Å². The van der Waals surface area contributed by atoms with Gasteiger partial charge in [-0.3, -0.25) is 0 Å². The maximum Gasteiger partial charge on any atom is 0.0604 e. The van der Waals surface area contributed by atoms with Crippen LogP contribution in [0.25, 0.3) is 0 Å². The SMILES string of the molecule is CSc1cccc(C)c1NCCO. The molecular formula is C10H15NOS. The summed E-state index contributed by atoms with van der Waals surface area (Å²) < 4.78 is 0. The summed E-state index contributed by atoms with van der Waals surface area (Å²) in [4.78, 5) is 1.23. The predicted molar refractivity (Wildman–Crippen MR) is 58.5 cm³/mol. The number of aliphatic hydroxyl groups is 1. The zero-order valence-corrected chi connectivity index (χ0v) is 8.82. The van der Waals surface area contributed by atoms with Crippen molar-refractivity contribution in [3.05, 3.63) is 23.8 Å². The van der Waals surface area contributed by atoms with E-state index in [9.17, 15) is 0 Å². The summed E-state index contributed by atoms with van der Waals surface area (Å²) in [5.41, 5.74) is 2.37. The molecule has 0 heterocycles. The molecule has 0 spiro atoms. The monoisotopic (exact) mass is 197 g/mol. The van der Waals surface area contributed by atoms with E-state index in [4.69, 9.17) is 5.11 Å². The highest BCUT2D eigenvalue weighted by molar-refractivity contribution is 7.98. The number of anilines is 1. The van der Waals surface area contributed by atoms with Gasteiger partial charge >= 0.3 is 0 Å².